The third-order valence-corrected chi connectivity index (χ3v) is 6.04. The van der Waals surface area contributed by atoms with Gasteiger partial charge in [0, 0.05) is 38.3 Å². The minimum Gasteiger partial charge on any atom is -0.379 e. The van der Waals surface area contributed by atoms with Crippen LogP contribution in [0, 0.1) is 5.92 Å². The zero-order chi connectivity index (χ0) is 17.1. The van der Waals surface area contributed by atoms with Gasteiger partial charge in [-0.15, -0.1) is 0 Å². The Bertz CT molecular complexity index is 574. The molecule has 1 aromatic carbocycles. The molecule has 3 saturated heterocycles. The molecular weight excluding hydrogens is 314 g/mol. The van der Waals surface area contributed by atoms with Crippen LogP contribution in [0.25, 0.3) is 0 Å². The molecular formula is C20H29N3O2. The van der Waals surface area contributed by atoms with Crippen LogP contribution in [0.1, 0.15) is 30.9 Å². The molecule has 3 aliphatic heterocycles. The van der Waals surface area contributed by atoms with Crippen molar-refractivity contribution in [1.82, 2.24) is 15.1 Å². The summed E-state index contributed by atoms with van der Waals surface area (Å²) in [4.78, 5) is 17.8. The molecule has 5 nitrogen and oxygen atoms in total. The minimum absolute atomic E-state index is 0.136. The maximum Gasteiger partial charge on any atom is 0.224 e. The fraction of sp³-hybridized carbons (Fsp3) is 0.650. The highest BCUT2D eigenvalue weighted by Gasteiger charge is 2.46. The minimum atomic E-state index is 0.136. The average molecular weight is 343 g/mol. The Hall–Kier alpha value is -1.43. The monoisotopic (exact) mass is 343 g/mol. The maximum absolute atomic E-state index is 12.8. The van der Waals surface area contributed by atoms with Crippen LogP contribution in [0.3, 0.4) is 0 Å². The SMILES string of the molecule is O=C(NCCN1CCOCC1)[C@@H]1C[C@H](c2ccccc2)N2CCC[C@@H]12. The lowest BCUT2D eigenvalue weighted by atomic mass is 9.93. The Kier molecular flexibility index (Phi) is 5.34. The van der Waals surface area contributed by atoms with Gasteiger partial charge in [0.25, 0.3) is 0 Å². The van der Waals surface area contributed by atoms with Crippen LogP contribution in [0.2, 0.25) is 0 Å². The molecule has 4 rings (SSSR count). The first kappa shape index (κ1) is 17.0. The molecule has 1 amide bonds. The number of benzene rings is 1. The molecule has 3 fully saturated rings. The van der Waals surface area contributed by atoms with Gasteiger partial charge in [-0.25, -0.2) is 0 Å². The molecule has 1 N–H and O–H groups in total. The first-order valence-corrected chi connectivity index (χ1v) is 9.71. The number of morpholine rings is 1. The molecule has 0 aliphatic carbocycles. The summed E-state index contributed by atoms with van der Waals surface area (Å²) in [6.07, 6.45) is 3.33. The van der Waals surface area contributed by atoms with Crippen molar-refractivity contribution >= 4 is 5.91 Å². The molecule has 0 saturated carbocycles. The highest BCUT2D eigenvalue weighted by Crippen LogP contribution is 2.44. The van der Waals surface area contributed by atoms with Crippen LogP contribution in [0.4, 0.5) is 0 Å². The van der Waals surface area contributed by atoms with E-state index in [2.05, 4.69) is 45.4 Å². The maximum atomic E-state index is 12.8. The molecule has 0 bridgehead atoms. The molecule has 3 heterocycles. The van der Waals surface area contributed by atoms with Crippen LogP contribution in [-0.4, -0.2) is 67.7 Å². The van der Waals surface area contributed by atoms with Gasteiger partial charge in [0.2, 0.25) is 5.91 Å². The predicted octanol–water partition coefficient (Wildman–Crippen LogP) is 1.66. The molecule has 136 valence electrons. The van der Waals surface area contributed by atoms with Gasteiger partial charge in [0.1, 0.15) is 0 Å². The van der Waals surface area contributed by atoms with Gasteiger partial charge < -0.3 is 10.1 Å². The van der Waals surface area contributed by atoms with E-state index in [-0.39, 0.29) is 11.8 Å². The first-order chi connectivity index (χ1) is 12.3. The smallest absolute Gasteiger partial charge is 0.224 e. The third kappa shape index (κ3) is 3.73. The zero-order valence-corrected chi connectivity index (χ0v) is 14.9. The van der Waals surface area contributed by atoms with Gasteiger partial charge in [-0.05, 0) is 31.4 Å². The molecule has 0 spiro atoms. The Morgan fingerprint density at radius 3 is 2.76 bits per heavy atom. The van der Waals surface area contributed by atoms with E-state index in [0.29, 0.717) is 12.1 Å². The van der Waals surface area contributed by atoms with Crippen LogP contribution in [-0.2, 0) is 9.53 Å². The zero-order valence-electron chi connectivity index (χ0n) is 14.9. The number of rotatable bonds is 5. The van der Waals surface area contributed by atoms with Crippen molar-refractivity contribution in [3.63, 3.8) is 0 Å². The highest BCUT2D eigenvalue weighted by atomic mass is 16.5. The second kappa shape index (κ2) is 7.85. The molecule has 0 unspecified atom stereocenters. The standard InChI is InChI=1S/C20H29N3O2/c24-20(21-8-10-22-11-13-25-14-12-22)17-15-19(16-5-2-1-3-6-16)23-9-4-7-18(17)23/h1-3,5-6,17-19H,4,7-15H2,(H,21,24)/t17-,18+,19-/m1/s1. The van der Waals surface area contributed by atoms with Crippen molar-refractivity contribution in [2.45, 2.75) is 31.3 Å². The number of carbonyl (C=O) groups is 1. The first-order valence-electron chi connectivity index (χ1n) is 9.71. The highest BCUT2D eigenvalue weighted by molar-refractivity contribution is 5.80. The van der Waals surface area contributed by atoms with Crippen LogP contribution >= 0.6 is 0 Å². The quantitative estimate of drug-likeness (QED) is 0.883. The van der Waals surface area contributed by atoms with E-state index in [0.717, 1.165) is 58.8 Å². The summed E-state index contributed by atoms with van der Waals surface area (Å²) in [5.41, 5.74) is 1.36. The predicted molar refractivity (Wildman–Crippen MR) is 97.3 cm³/mol. The van der Waals surface area contributed by atoms with E-state index in [1.54, 1.807) is 0 Å². The van der Waals surface area contributed by atoms with Gasteiger partial charge in [-0.2, -0.15) is 0 Å². The summed E-state index contributed by atoms with van der Waals surface area (Å²) in [6.45, 7) is 6.38. The normalized spacial score (nSPS) is 30.3. The number of nitrogens with zero attached hydrogens (tertiary/aromatic N) is 2. The van der Waals surface area contributed by atoms with Crippen molar-refractivity contribution in [2.24, 2.45) is 5.92 Å². The fourth-order valence-corrected chi connectivity index (χ4v) is 4.74. The number of nitrogens with one attached hydrogen (secondary N) is 1. The van der Waals surface area contributed by atoms with E-state index in [1.807, 2.05) is 0 Å². The number of hydrogen-bond donors (Lipinski definition) is 1. The summed E-state index contributed by atoms with van der Waals surface area (Å²) < 4.78 is 5.38. The number of carbonyl (C=O) groups excluding carboxylic acids is 1. The van der Waals surface area contributed by atoms with Gasteiger partial charge in [0.15, 0.2) is 0 Å². The molecule has 3 atom stereocenters. The molecule has 5 heteroatoms. The van der Waals surface area contributed by atoms with Gasteiger partial charge in [-0.3, -0.25) is 14.6 Å². The second-order valence-corrected chi connectivity index (χ2v) is 7.46. The lowest BCUT2D eigenvalue weighted by Crippen LogP contribution is -2.43. The molecule has 25 heavy (non-hydrogen) atoms. The fourth-order valence-electron chi connectivity index (χ4n) is 4.74. The lowest BCUT2D eigenvalue weighted by Gasteiger charge is -2.27. The largest absolute Gasteiger partial charge is 0.379 e. The number of amides is 1. The van der Waals surface area contributed by atoms with Crippen LogP contribution < -0.4 is 5.32 Å². The van der Waals surface area contributed by atoms with Gasteiger partial charge in [-0.1, -0.05) is 30.3 Å². The third-order valence-electron chi connectivity index (χ3n) is 6.04. The molecule has 1 aromatic rings. The summed E-state index contributed by atoms with van der Waals surface area (Å²) in [5, 5.41) is 3.21. The summed E-state index contributed by atoms with van der Waals surface area (Å²) in [6, 6.07) is 11.5. The molecule has 0 radical (unpaired) electrons. The van der Waals surface area contributed by atoms with E-state index in [1.165, 1.54) is 12.0 Å². The van der Waals surface area contributed by atoms with Crippen molar-refractivity contribution in [1.29, 1.82) is 0 Å². The number of hydrogen-bond acceptors (Lipinski definition) is 4. The Balaban J connectivity index is 1.34. The van der Waals surface area contributed by atoms with Crippen molar-refractivity contribution in [2.75, 3.05) is 45.9 Å². The summed E-state index contributed by atoms with van der Waals surface area (Å²) in [5.74, 6) is 0.390. The van der Waals surface area contributed by atoms with Crippen LogP contribution in [0.15, 0.2) is 30.3 Å². The van der Waals surface area contributed by atoms with Crippen molar-refractivity contribution in [3.8, 4) is 0 Å². The van der Waals surface area contributed by atoms with Crippen molar-refractivity contribution in [3.05, 3.63) is 35.9 Å². The topological polar surface area (TPSA) is 44.8 Å². The lowest BCUT2D eigenvalue weighted by molar-refractivity contribution is -0.125. The molecule has 0 aromatic heterocycles. The van der Waals surface area contributed by atoms with Crippen LogP contribution in [0.5, 0.6) is 0 Å². The summed E-state index contributed by atoms with van der Waals surface area (Å²) >= 11 is 0. The number of ether oxygens (including phenoxy) is 1. The second-order valence-electron chi connectivity index (χ2n) is 7.46. The number of fused-ring (bicyclic) bond motifs is 1. The Morgan fingerprint density at radius 1 is 1.16 bits per heavy atom. The van der Waals surface area contributed by atoms with E-state index >= 15 is 0 Å². The Morgan fingerprint density at radius 2 is 1.96 bits per heavy atom. The van der Waals surface area contributed by atoms with Gasteiger partial charge in [0.05, 0.1) is 19.1 Å². The van der Waals surface area contributed by atoms with Gasteiger partial charge >= 0.3 is 0 Å². The Labute approximate surface area is 150 Å². The van der Waals surface area contributed by atoms with E-state index in [4.69, 9.17) is 4.74 Å². The van der Waals surface area contributed by atoms with E-state index < -0.39 is 0 Å². The van der Waals surface area contributed by atoms with Crippen molar-refractivity contribution < 1.29 is 9.53 Å². The molecule has 3 aliphatic rings. The summed E-state index contributed by atoms with van der Waals surface area (Å²) in [7, 11) is 0. The average Bonchev–Trinajstić information content (AvgIpc) is 3.26. The van der Waals surface area contributed by atoms with E-state index in [9.17, 15) is 4.79 Å².